The molecule has 4 saturated carbocycles. The number of fused-ring (bicyclic) bond motifs is 7. The first-order valence-electron chi connectivity index (χ1n) is 33.5. The fraction of sp³-hybridized carbons (Fsp3) is 1.00. The topological polar surface area (TPSA) is 473 Å². The summed E-state index contributed by atoms with van der Waals surface area (Å²) in [7, 11) is 1.70. The molecule has 7 aliphatic heterocycles. The molecule has 0 aromatic rings. The number of hydrogen-bond acceptors (Lipinski definition) is 31. The number of aliphatic hydroxyl groups excluding tert-OH is 17. The smallest absolute Gasteiger partial charge is 0.187 e. The van der Waals surface area contributed by atoms with E-state index in [0.717, 1.165) is 38.5 Å². The van der Waals surface area contributed by atoms with Crippen molar-refractivity contribution in [1.29, 1.82) is 0 Å². The Hall–Kier alpha value is -1.24. The van der Waals surface area contributed by atoms with Crippen molar-refractivity contribution in [3.05, 3.63) is 0 Å². The van der Waals surface area contributed by atoms with Gasteiger partial charge in [-0.15, -0.1) is 0 Å². The van der Waals surface area contributed by atoms with Crippen LogP contribution in [0.3, 0.4) is 0 Å². The van der Waals surface area contributed by atoms with Gasteiger partial charge in [-0.2, -0.15) is 0 Å². The molecule has 93 heavy (non-hydrogen) atoms. The largest absolute Gasteiger partial charge is 0.394 e. The first-order chi connectivity index (χ1) is 44.1. The van der Waals surface area contributed by atoms with Gasteiger partial charge < -0.3 is 153 Å². The van der Waals surface area contributed by atoms with Crippen molar-refractivity contribution in [2.75, 3.05) is 46.8 Å². The third-order valence-corrected chi connectivity index (χ3v) is 23.8. The van der Waals surface area contributed by atoms with Crippen LogP contribution in [0.5, 0.6) is 0 Å². The minimum absolute atomic E-state index is 0.0181. The normalized spacial score (nSPS) is 55.4. The zero-order valence-corrected chi connectivity index (χ0v) is 53.5. The van der Waals surface area contributed by atoms with Crippen LogP contribution in [0.25, 0.3) is 0 Å². The maximum atomic E-state index is 12.7. The molecule has 0 unspecified atom stereocenters. The highest BCUT2D eigenvalue weighted by molar-refractivity contribution is 5.15. The second-order valence-corrected chi connectivity index (χ2v) is 29.1. The lowest BCUT2D eigenvalue weighted by Crippen LogP contribution is -2.68. The van der Waals surface area contributed by atoms with Gasteiger partial charge in [-0.3, -0.25) is 0 Å². The lowest BCUT2D eigenvalue weighted by atomic mass is 9.44. The average molecular weight is 1350 g/mol. The number of hydrogen-bond donors (Lipinski definition) is 17. The summed E-state index contributed by atoms with van der Waals surface area (Å²) in [5.41, 5.74) is -0.106. The standard InChI is InChI=1S/C62H104O31/c1-23(20-81-54-47(77)44(74)41(71)34(17-63)86-54)9-14-62(80-6)24(2)37-33(93-62)16-30-28-8-7-26-15-27(10-12-60(26,4)29(28)11-13-61(30,37)5)85-58-52(91-57-48(78)43(73)38(68)25(3)84-57)49(79)50(36(19-65)88-58)89-59-53(92-56-46(76)40(70)32(67)22-83-56)51(42(72)35(18-64)87-59)90-55-45(75)39(69)31(66)21-82-55/h23-59,63-79H,7-22H2,1-6H3/t23-,24-,25-,26-,27-,28+,29-,30-,31+,32+,33-,34+,35+,36+,37-,38-,39-,40-,41+,42+,43+,44-,45+,46+,47+,48+,49-,50-,51-,52+,53+,54+,55-,56-,57-,58+,59-,60-,61-,62-/m0/s1. The summed E-state index contributed by atoms with van der Waals surface area (Å²) in [5.74, 6) is 0.855. The molecule has 31 nitrogen and oxygen atoms in total. The van der Waals surface area contributed by atoms with Gasteiger partial charge in [-0.05, 0) is 111 Å². The third-order valence-electron chi connectivity index (χ3n) is 23.8. The van der Waals surface area contributed by atoms with Crippen molar-refractivity contribution in [3.63, 3.8) is 0 Å². The van der Waals surface area contributed by atoms with Crippen LogP contribution in [0.4, 0.5) is 0 Å². The van der Waals surface area contributed by atoms with Gasteiger partial charge in [0.2, 0.25) is 0 Å². The molecule has 7 heterocycles. The van der Waals surface area contributed by atoms with Crippen molar-refractivity contribution in [3.8, 4) is 0 Å². The maximum absolute atomic E-state index is 12.7. The van der Waals surface area contributed by atoms with Crippen LogP contribution in [0.2, 0.25) is 0 Å². The molecular weight excluding hydrogens is 1240 g/mol. The average Bonchev–Trinajstić information content (AvgIpc) is 1.56. The van der Waals surface area contributed by atoms with Crippen molar-refractivity contribution in [1.82, 2.24) is 0 Å². The van der Waals surface area contributed by atoms with Gasteiger partial charge in [0.15, 0.2) is 43.5 Å². The zero-order valence-electron chi connectivity index (χ0n) is 53.5. The van der Waals surface area contributed by atoms with Gasteiger partial charge >= 0.3 is 0 Å². The Morgan fingerprint density at radius 1 is 0.484 bits per heavy atom. The lowest BCUT2D eigenvalue weighted by molar-refractivity contribution is -0.408. The van der Waals surface area contributed by atoms with Crippen molar-refractivity contribution in [2.24, 2.45) is 52.3 Å². The van der Waals surface area contributed by atoms with Gasteiger partial charge in [0.1, 0.15) is 128 Å². The van der Waals surface area contributed by atoms with E-state index in [9.17, 15) is 86.8 Å². The highest BCUT2D eigenvalue weighted by atomic mass is 16.8. The second-order valence-electron chi connectivity index (χ2n) is 29.1. The summed E-state index contributed by atoms with van der Waals surface area (Å²) >= 11 is 0. The molecule has 17 N–H and O–H groups in total. The summed E-state index contributed by atoms with van der Waals surface area (Å²) in [4.78, 5) is 0. The van der Waals surface area contributed by atoms with Crippen LogP contribution in [0.1, 0.15) is 98.8 Å². The predicted octanol–water partition coefficient (Wildman–Crippen LogP) is -5.35. The minimum Gasteiger partial charge on any atom is -0.394 e. The predicted molar refractivity (Wildman–Crippen MR) is 308 cm³/mol. The highest BCUT2D eigenvalue weighted by Crippen LogP contribution is 2.71. The van der Waals surface area contributed by atoms with Crippen LogP contribution < -0.4 is 0 Å². The SMILES string of the molecule is CO[C@@]1(CC[C@H](C)CO[C@@H]2O[C@H](CO)[C@@H](O)[C@H](O)[C@H]2O)O[C@H]2C[C@H]3[C@@H]4CC[C@H]5C[C@@H](O[C@@H]6O[C@H](CO)[C@H](O[C@@H]7O[C@H](CO)[C@@H](O)[C@H](O[C@@H]8OC[C@@H](O)[C@H](O)[C@H]8O)[C@H]7O[C@@H]7OC[C@@H](O)[C@H](O)[C@H]7O)[C@H](O)[C@H]6O[C@@H]6O[C@@H](C)[C@H](O)[C@@H](O)[C@H]6O)CC[C@]5(C)[C@H]4CC[C@]3(C)[C@H]2[C@@H]1C. The molecule has 40 atom stereocenters. The number of aliphatic hydroxyl groups is 17. The molecule has 11 rings (SSSR count). The van der Waals surface area contributed by atoms with Crippen LogP contribution in [0, 0.1) is 52.3 Å². The highest BCUT2D eigenvalue weighted by Gasteiger charge is 2.69. The third kappa shape index (κ3) is 13.7. The molecule has 31 heteroatoms. The zero-order chi connectivity index (χ0) is 67.1. The molecule has 0 aromatic heterocycles. The van der Waals surface area contributed by atoms with Crippen LogP contribution >= 0.6 is 0 Å². The van der Waals surface area contributed by atoms with Crippen LogP contribution in [0.15, 0.2) is 0 Å². The minimum atomic E-state index is -1.96. The van der Waals surface area contributed by atoms with E-state index in [1.165, 1.54) is 6.92 Å². The summed E-state index contributed by atoms with van der Waals surface area (Å²) in [6.07, 6.45) is -39.3. The lowest BCUT2D eigenvalue weighted by Gasteiger charge is -2.61. The van der Waals surface area contributed by atoms with Crippen molar-refractivity contribution in [2.45, 2.75) is 289 Å². The monoisotopic (exact) mass is 1340 g/mol. The summed E-state index contributed by atoms with van der Waals surface area (Å²) < 4.78 is 86.3. The first-order valence-corrected chi connectivity index (χ1v) is 33.5. The molecule has 0 radical (unpaired) electrons. The number of methoxy groups -OCH3 is 1. The number of ether oxygens (including phenoxy) is 14. The Bertz CT molecular complexity index is 2410. The molecule has 4 aliphatic carbocycles. The van der Waals surface area contributed by atoms with Crippen LogP contribution in [-0.4, -0.2) is 324 Å². The quantitative estimate of drug-likeness (QED) is 0.0506. The molecule has 0 bridgehead atoms. The van der Waals surface area contributed by atoms with E-state index in [-0.39, 0.29) is 47.2 Å². The molecule has 7 saturated heterocycles. The van der Waals surface area contributed by atoms with Gasteiger partial charge in [-0.1, -0.05) is 27.7 Å². The molecule has 0 aromatic carbocycles. The van der Waals surface area contributed by atoms with Gasteiger partial charge in [0.25, 0.3) is 0 Å². The van der Waals surface area contributed by atoms with E-state index in [1.54, 1.807) is 7.11 Å². The summed E-state index contributed by atoms with van der Waals surface area (Å²) in [6, 6.07) is 0. The van der Waals surface area contributed by atoms with Crippen molar-refractivity contribution >= 4 is 0 Å². The molecule has 0 spiro atoms. The van der Waals surface area contributed by atoms with Gasteiger partial charge in [0, 0.05) is 19.4 Å². The Balaban J connectivity index is 0.777. The molecule has 0 amide bonds. The van der Waals surface area contributed by atoms with E-state index in [2.05, 4.69) is 20.8 Å². The molecule has 11 fully saturated rings. The summed E-state index contributed by atoms with van der Waals surface area (Å²) in [5, 5.41) is 183. The molecule has 538 valence electrons. The Morgan fingerprint density at radius 2 is 1.03 bits per heavy atom. The van der Waals surface area contributed by atoms with Gasteiger partial charge in [-0.25, -0.2) is 0 Å². The Kier molecular flexibility index (Phi) is 23.1. The fourth-order valence-corrected chi connectivity index (χ4v) is 18.3. The van der Waals surface area contributed by atoms with E-state index < -0.39 is 217 Å². The van der Waals surface area contributed by atoms with Gasteiger partial charge in [0.05, 0.1) is 58.0 Å². The number of rotatable bonds is 20. The van der Waals surface area contributed by atoms with Crippen molar-refractivity contribution < 1.29 is 153 Å². The van der Waals surface area contributed by atoms with Crippen LogP contribution in [-0.2, 0) is 66.3 Å². The fourth-order valence-electron chi connectivity index (χ4n) is 18.3. The van der Waals surface area contributed by atoms with E-state index in [4.69, 9.17) is 66.3 Å². The maximum Gasteiger partial charge on any atom is 0.187 e. The molecular formula is C62H104O31. The van der Waals surface area contributed by atoms with E-state index in [0.29, 0.717) is 43.4 Å². The Morgan fingerprint density at radius 3 is 1.68 bits per heavy atom. The first kappa shape index (κ1) is 73.0. The second kappa shape index (κ2) is 29.4. The van der Waals surface area contributed by atoms with E-state index in [1.807, 2.05) is 6.92 Å². The summed E-state index contributed by atoms with van der Waals surface area (Å²) in [6.45, 7) is 7.26. The van der Waals surface area contributed by atoms with E-state index >= 15 is 0 Å². The Labute approximate surface area is 539 Å². The molecule has 11 aliphatic rings.